The summed E-state index contributed by atoms with van der Waals surface area (Å²) in [5, 5.41) is 13.0. The van der Waals surface area contributed by atoms with Gasteiger partial charge in [-0.3, -0.25) is 15.0 Å². The Morgan fingerprint density at radius 3 is 2.49 bits per heavy atom. The van der Waals surface area contributed by atoms with Crippen molar-refractivity contribution >= 4 is 43.8 Å². The molecule has 4 saturated carbocycles. The number of anilines is 1. The number of sulfone groups is 1. The molecule has 2 aromatic carbocycles. The van der Waals surface area contributed by atoms with E-state index in [9.17, 15) is 18.5 Å². The van der Waals surface area contributed by atoms with Gasteiger partial charge in [0.1, 0.15) is 23.6 Å². The second kappa shape index (κ2) is 14.2. The second-order valence-corrected chi connectivity index (χ2v) is 21.9. The molecule has 7 aliphatic rings. The summed E-state index contributed by atoms with van der Waals surface area (Å²) < 4.78 is 46.5. The number of nitro groups is 1. The SMILES string of the molecule is CC1(C)CCC(CN2CCN(c3ccc(C(CS(=O)(=O)c4ccc(OC5COC6(CC6)C5)c([N+](=O)[O-])c4)Oc4cnc5[nH]ccc5c4)cc3)CC2)=C(C23CC(Cl)(C2)C3)C1. The van der Waals surface area contributed by atoms with Crippen molar-refractivity contribution in [1.82, 2.24) is 14.9 Å². The number of halogens is 1. The van der Waals surface area contributed by atoms with Gasteiger partial charge in [-0.1, -0.05) is 37.1 Å². The van der Waals surface area contributed by atoms with Crippen molar-refractivity contribution in [3.63, 3.8) is 0 Å². The Morgan fingerprint density at radius 1 is 1.03 bits per heavy atom. The van der Waals surface area contributed by atoms with Crippen LogP contribution in [0.2, 0.25) is 0 Å². The van der Waals surface area contributed by atoms with E-state index in [4.69, 9.17) is 25.8 Å². The number of ether oxygens (including phenoxy) is 3. The third kappa shape index (κ3) is 7.61. The summed E-state index contributed by atoms with van der Waals surface area (Å²) >= 11 is 6.74. The fourth-order valence-electron chi connectivity index (χ4n) is 10.5. The molecule has 11 rings (SSSR count). The number of nitrogens with zero attached hydrogens (tertiary/aromatic N) is 4. The van der Waals surface area contributed by atoms with Crippen LogP contribution in [0.4, 0.5) is 11.4 Å². The lowest BCUT2D eigenvalue weighted by Gasteiger charge is -2.70. The second-order valence-electron chi connectivity index (χ2n) is 19.0. The Hall–Kier alpha value is -4.17. The van der Waals surface area contributed by atoms with Crippen LogP contribution in [-0.4, -0.2) is 89.9 Å². The molecule has 312 valence electrons. The van der Waals surface area contributed by atoms with E-state index < -0.39 is 32.3 Å². The molecular formula is C45H52ClN5O7S. The third-order valence-corrected chi connectivity index (χ3v) is 16.1. The van der Waals surface area contributed by atoms with E-state index in [-0.39, 0.29) is 27.2 Å². The molecule has 1 spiro atoms. The van der Waals surface area contributed by atoms with Crippen LogP contribution in [-0.2, 0) is 14.6 Å². The van der Waals surface area contributed by atoms with Gasteiger partial charge in [0.15, 0.2) is 15.6 Å². The molecule has 1 N–H and O–H groups in total. The first-order valence-electron chi connectivity index (χ1n) is 21.1. The average Bonchev–Trinajstić information content (AvgIpc) is 3.58. The normalized spacial score (nSPS) is 27.6. The molecule has 0 radical (unpaired) electrons. The molecular weight excluding hydrogens is 790 g/mol. The maximum atomic E-state index is 14.1. The molecule has 59 heavy (non-hydrogen) atoms. The largest absolute Gasteiger partial charge is 0.483 e. The first-order chi connectivity index (χ1) is 28.2. The van der Waals surface area contributed by atoms with E-state index in [0.717, 1.165) is 82.0 Å². The fraction of sp³-hybridized carbons (Fsp3) is 0.533. The molecule has 14 heteroatoms. The van der Waals surface area contributed by atoms with Crippen LogP contribution in [0.3, 0.4) is 0 Å². The van der Waals surface area contributed by atoms with Gasteiger partial charge in [-0.05, 0) is 104 Å². The minimum absolute atomic E-state index is 0.0322. The van der Waals surface area contributed by atoms with Gasteiger partial charge in [0.05, 0.1) is 34.0 Å². The Balaban J connectivity index is 0.846. The number of hydrogen-bond donors (Lipinski definition) is 1. The van der Waals surface area contributed by atoms with Crippen LogP contribution in [0.1, 0.15) is 83.3 Å². The fourth-order valence-corrected chi connectivity index (χ4v) is 12.7. The molecule has 2 unspecified atom stereocenters. The Bertz CT molecular complexity index is 2420. The molecule has 4 heterocycles. The zero-order valence-corrected chi connectivity index (χ0v) is 35.3. The topological polar surface area (TPSA) is 140 Å². The van der Waals surface area contributed by atoms with Crippen LogP contribution in [0, 0.1) is 20.9 Å². The smallest absolute Gasteiger partial charge is 0.312 e. The molecule has 2 aromatic heterocycles. The first-order valence-corrected chi connectivity index (χ1v) is 23.1. The number of alkyl halides is 1. The number of benzene rings is 2. The number of pyridine rings is 1. The number of aromatic amines is 1. The average molecular weight is 842 g/mol. The highest BCUT2D eigenvalue weighted by molar-refractivity contribution is 7.91. The summed E-state index contributed by atoms with van der Waals surface area (Å²) in [6, 6.07) is 15.5. The van der Waals surface area contributed by atoms with Crippen LogP contribution >= 0.6 is 11.6 Å². The van der Waals surface area contributed by atoms with Crippen molar-refractivity contribution < 1.29 is 27.6 Å². The summed E-state index contributed by atoms with van der Waals surface area (Å²) in [7, 11) is -4.10. The molecule has 5 aliphatic carbocycles. The highest BCUT2D eigenvalue weighted by Crippen LogP contribution is 2.75. The number of piperazine rings is 1. The number of allylic oxidation sites excluding steroid dienone is 1. The standard InChI is InChI=1S/C45H52ClN5O7S/c1-42(2)11-9-32(37(22-42)43-27-44(46,28-43)29-43)24-49-15-17-50(18-16-49)33-5-3-30(4-6-33)40(57-34-19-31-10-14-47-41(31)48-23-34)26-59(54,55)36-7-8-39(38(20-36)51(52)53)58-35-21-45(12-13-45)56-25-35/h3-8,10,14,19-20,23,35,40H,9,11-13,15-18,21-22,24-29H2,1-2H3,(H,47,48). The van der Waals surface area contributed by atoms with E-state index in [1.807, 2.05) is 36.4 Å². The van der Waals surface area contributed by atoms with Crippen molar-refractivity contribution in [2.24, 2.45) is 10.8 Å². The first kappa shape index (κ1) is 39.0. The van der Waals surface area contributed by atoms with Crippen molar-refractivity contribution in [2.45, 2.75) is 99.2 Å². The van der Waals surface area contributed by atoms with Gasteiger partial charge in [-0.2, -0.15) is 0 Å². The highest BCUT2D eigenvalue weighted by Gasteiger charge is 2.69. The van der Waals surface area contributed by atoms with Gasteiger partial charge < -0.3 is 24.1 Å². The molecule has 2 saturated heterocycles. The number of nitro benzene ring substituents is 1. The Kier molecular flexibility index (Phi) is 9.39. The van der Waals surface area contributed by atoms with Crippen LogP contribution in [0.5, 0.6) is 11.5 Å². The Labute approximate surface area is 350 Å². The summed E-state index contributed by atoms with van der Waals surface area (Å²) in [4.78, 5) is 24.0. The molecule has 2 aliphatic heterocycles. The molecule has 0 amide bonds. The van der Waals surface area contributed by atoms with Gasteiger partial charge >= 0.3 is 5.69 Å². The summed E-state index contributed by atoms with van der Waals surface area (Å²) in [6.45, 7) is 9.96. The van der Waals surface area contributed by atoms with E-state index >= 15 is 0 Å². The minimum Gasteiger partial charge on any atom is -0.483 e. The highest BCUT2D eigenvalue weighted by atomic mass is 35.5. The van der Waals surface area contributed by atoms with Crippen LogP contribution < -0.4 is 14.4 Å². The zero-order valence-electron chi connectivity index (χ0n) is 33.8. The van der Waals surface area contributed by atoms with E-state index in [2.05, 4.69) is 33.6 Å². The lowest BCUT2D eigenvalue weighted by atomic mass is 9.39. The van der Waals surface area contributed by atoms with Crippen LogP contribution in [0.15, 0.2) is 83.0 Å². The maximum absolute atomic E-state index is 14.1. The molecule has 12 nitrogen and oxygen atoms in total. The zero-order chi connectivity index (χ0) is 40.8. The third-order valence-electron chi connectivity index (χ3n) is 14.0. The summed E-state index contributed by atoms with van der Waals surface area (Å²) in [6.07, 6.45) is 11.8. The van der Waals surface area contributed by atoms with Gasteiger partial charge in [0, 0.05) is 67.4 Å². The van der Waals surface area contributed by atoms with Crippen molar-refractivity contribution in [3.8, 4) is 11.5 Å². The van der Waals surface area contributed by atoms with Crippen LogP contribution in [0.25, 0.3) is 11.0 Å². The quantitative estimate of drug-likeness (QED) is 0.0603. The number of nitrogens with one attached hydrogen (secondary N) is 1. The molecule has 6 fully saturated rings. The summed E-state index contributed by atoms with van der Waals surface area (Å²) in [5.41, 5.74) is 5.98. The number of hydrogen-bond acceptors (Lipinski definition) is 10. The van der Waals surface area contributed by atoms with E-state index in [1.165, 1.54) is 31.4 Å². The lowest BCUT2D eigenvalue weighted by molar-refractivity contribution is -0.386. The summed E-state index contributed by atoms with van der Waals surface area (Å²) in [5.74, 6) is -0.00506. The molecule has 2 atom stereocenters. The number of rotatable bonds is 13. The number of aromatic nitrogens is 2. The van der Waals surface area contributed by atoms with Crippen molar-refractivity contribution in [2.75, 3.05) is 50.0 Å². The molecule has 2 bridgehead atoms. The van der Waals surface area contributed by atoms with Crippen molar-refractivity contribution in [1.29, 1.82) is 0 Å². The lowest BCUT2D eigenvalue weighted by Crippen LogP contribution is -2.65. The van der Waals surface area contributed by atoms with E-state index in [0.29, 0.717) is 40.8 Å². The van der Waals surface area contributed by atoms with Gasteiger partial charge in [0.25, 0.3) is 0 Å². The predicted molar refractivity (Wildman–Crippen MR) is 226 cm³/mol. The predicted octanol–water partition coefficient (Wildman–Crippen LogP) is 8.56. The van der Waals surface area contributed by atoms with Gasteiger partial charge in [0.2, 0.25) is 0 Å². The maximum Gasteiger partial charge on any atom is 0.312 e. The minimum atomic E-state index is -4.10. The van der Waals surface area contributed by atoms with Gasteiger partial charge in [-0.25, -0.2) is 13.4 Å². The van der Waals surface area contributed by atoms with Gasteiger partial charge in [-0.15, -0.1) is 11.6 Å². The van der Waals surface area contributed by atoms with E-state index in [1.54, 1.807) is 23.5 Å². The Morgan fingerprint density at radius 2 is 1.80 bits per heavy atom. The van der Waals surface area contributed by atoms with Crippen molar-refractivity contribution in [3.05, 3.63) is 93.8 Å². The number of fused-ring (bicyclic) bond motifs is 1. The molecule has 4 aromatic rings. The number of H-pyrrole nitrogens is 1. The monoisotopic (exact) mass is 841 g/mol.